The Hall–Kier alpha value is -3.15. The van der Waals surface area contributed by atoms with Gasteiger partial charge in [-0.2, -0.15) is 0 Å². The SMILES string of the molecule is Cc1ccc(OCCC(=O)Nc2ccc3c(c2)C(=O)N(C)C3=O)c(C)c1. The van der Waals surface area contributed by atoms with E-state index < -0.39 is 0 Å². The van der Waals surface area contributed by atoms with Crippen molar-refractivity contribution in [3.63, 3.8) is 0 Å². The van der Waals surface area contributed by atoms with Crippen LogP contribution in [0.2, 0.25) is 0 Å². The fraction of sp³-hybridized carbons (Fsp3) is 0.250. The Kier molecular flexibility index (Phi) is 4.75. The number of carbonyl (C=O) groups is 3. The third-order valence-electron chi connectivity index (χ3n) is 4.29. The first kappa shape index (κ1) is 17.7. The van der Waals surface area contributed by atoms with Gasteiger partial charge in [-0.15, -0.1) is 0 Å². The van der Waals surface area contributed by atoms with E-state index in [-0.39, 0.29) is 30.7 Å². The van der Waals surface area contributed by atoms with Crippen molar-refractivity contribution in [3.8, 4) is 5.75 Å². The van der Waals surface area contributed by atoms with Crippen LogP contribution in [-0.4, -0.2) is 36.3 Å². The summed E-state index contributed by atoms with van der Waals surface area (Å²) in [6.07, 6.45) is 0.178. The van der Waals surface area contributed by atoms with E-state index in [0.717, 1.165) is 21.8 Å². The highest BCUT2D eigenvalue weighted by atomic mass is 16.5. The maximum absolute atomic E-state index is 12.1. The monoisotopic (exact) mass is 352 g/mol. The van der Waals surface area contributed by atoms with Gasteiger partial charge >= 0.3 is 0 Å². The number of ether oxygens (including phenoxy) is 1. The molecule has 0 unspecified atom stereocenters. The normalized spacial score (nSPS) is 13.0. The quantitative estimate of drug-likeness (QED) is 0.840. The highest BCUT2D eigenvalue weighted by Crippen LogP contribution is 2.25. The largest absolute Gasteiger partial charge is 0.493 e. The smallest absolute Gasteiger partial charge is 0.261 e. The zero-order chi connectivity index (χ0) is 18.8. The maximum atomic E-state index is 12.1. The summed E-state index contributed by atoms with van der Waals surface area (Å²) in [6.45, 7) is 4.22. The summed E-state index contributed by atoms with van der Waals surface area (Å²) in [6, 6.07) is 10.6. The summed E-state index contributed by atoms with van der Waals surface area (Å²) >= 11 is 0. The van der Waals surface area contributed by atoms with Crippen LogP contribution in [-0.2, 0) is 4.79 Å². The van der Waals surface area contributed by atoms with Crippen LogP contribution < -0.4 is 10.1 Å². The average Bonchev–Trinajstić information content (AvgIpc) is 2.81. The highest BCUT2D eigenvalue weighted by molar-refractivity contribution is 6.21. The van der Waals surface area contributed by atoms with E-state index in [4.69, 9.17) is 4.74 Å². The summed E-state index contributed by atoms with van der Waals surface area (Å²) in [5, 5.41) is 2.73. The average molecular weight is 352 g/mol. The zero-order valence-corrected chi connectivity index (χ0v) is 15.0. The number of hydrogen-bond donors (Lipinski definition) is 1. The lowest BCUT2D eigenvalue weighted by Crippen LogP contribution is -2.24. The van der Waals surface area contributed by atoms with Gasteiger partial charge in [-0.05, 0) is 43.7 Å². The third-order valence-corrected chi connectivity index (χ3v) is 4.29. The highest BCUT2D eigenvalue weighted by Gasteiger charge is 2.32. The fourth-order valence-corrected chi connectivity index (χ4v) is 2.88. The van der Waals surface area contributed by atoms with Crippen molar-refractivity contribution in [3.05, 3.63) is 58.7 Å². The molecule has 0 spiro atoms. The Bertz CT molecular complexity index is 905. The molecule has 134 valence electrons. The summed E-state index contributed by atoms with van der Waals surface area (Å²) in [5.41, 5.74) is 3.33. The molecule has 26 heavy (non-hydrogen) atoms. The van der Waals surface area contributed by atoms with E-state index in [0.29, 0.717) is 16.8 Å². The van der Waals surface area contributed by atoms with Crippen LogP contribution >= 0.6 is 0 Å². The lowest BCUT2D eigenvalue weighted by Gasteiger charge is -2.10. The number of nitrogens with zero attached hydrogens (tertiary/aromatic N) is 1. The molecular weight excluding hydrogens is 332 g/mol. The van der Waals surface area contributed by atoms with Crippen molar-refractivity contribution in [2.75, 3.05) is 19.0 Å². The number of fused-ring (bicyclic) bond motifs is 1. The summed E-state index contributed by atoms with van der Waals surface area (Å²) in [4.78, 5) is 37.0. The lowest BCUT2D eigenvalue weighted by molar-refractivity contribution is -0.116. The number of benzene rings is 2. The van der Waals surface area contributed by atoms with Crippen LogP contribution in [0.4, 0.5) is 5.69 Å². The van der Waals surface area contributed by atoms with Crippen LogP contribution in [0.1, 0.15) is 38.3 Å². The topological polar surface area (TPSA) is 75.7 Å². The molecular formula is C20H20N2O4. The van der Waals surface area contributed by atoms with E-state index in [1.807, 2.05) is 32.0 Å². The number of hydrogen-bond acceptors (Lipinski definition) is 4. The minimum atomic E-state index is -0.362. The standard InChI is InChI=1S/C20H20N2O4/c1-12-4-7-17(13(2)10-12)26-9-8-18(23)21-14-5-6-15-16(11-14)20(25)22(3)19(15)24/h4-7,10-11H,8-9H2,1-3H3,(H,21,23). The molecule has 2 aromatic carbocycles. The first-order chi connectivity index (χ1) is 12.4. The van der Waals surface area contributed by atoms with E-state index in [2.05, 4.69) is 5.32 Å². The molecule has 6 nitrogen and oxygen atoms in total. The molecule has 0 aromatic heterocycles. The third kappa shape index (κ3) is 3.44. The first-order valence-corrected chi connectivity index (χ1v) is 8.33. The van der Waals surface area contributed by atoms with E-state index >= 15 is 0 Å². The first-order valence-electron chi connectivity index (χ1n) is 8.33. The van der Waals surface area contributed by atoms with Crippen molar-refractivity contribution >= 4 is 23.4 Å². The van der Waals surface area contributed by atoms with Crippen molar-refractivity contribution in [2.45, 2.75) is 20.3 Å². The Morgan fingerprint density at radius 1 is 1.04 bits per heavy atom. The minimum absolute atomic E-state index is 0.178. The second kappa shape index (κ2) is 7.00. The number of rotatable bonds is 5. The van der Waals surface area contributed by atoms with Gasteiger partial charge in [-0.25, -0.2) is 0 Å². The molecule has 0 bridgehead atoms. The molecule has 1 aliphatic heterocycles. The van der Waals surface area contributed by atoms with Gasteiger partial charge in [0.25, 0.3) is 11.8 Å². The van der Waals surface area contributed by atoms with Crippen LogP contribution in [0.25, 0.3) is 0 Å². The lowest BCUT2D eigenvalue weighted by atomic mass is 10.1. The van der Waals surface area contributed by atoms with Crippen LogP contribution in [0.3, 0.4) is 0 Å². The van der Waals surface area contributed by atoms with Gasteiger partial charge in [0.05, 0.1) is 24.2 Å². The fourth-order valence-electron chi connectivity index (χ4n) is 2.88. The molecule has 0 radical (unpaired) electrons. The molecule has 1 N–H and O–H groups in total. The number of imide groups is 1. The molecule has 0 aliphatic carbocycles. The van der Waals surface area contributed by atoms with Crippen LogP contribution in [0.5, 0.6) is 5.75 Å². The number of aryl methyl sites for hydroxylation is 2. The Morgan fingerprint density at radius 3 is 2.50 bits per heavy atom. The van der Waals surface area contributed by atoms with Crippen LogP contribution in [0.15, 0.2) is 36.4 Å². The van der Waals surface area contributed by atoms with Crippen molar-refractivity contribution in [2.24, 2.45) is 0 Å². The predicted octanol–water partition coefficient (Wildman–Crippen LogP) is 2.94. The summed E-state index contributed by atoms with van der Waals surface area (Å²) < 4.78 is 5.65. The molecule has 0 fully saturated rings. The zero-order valence-electron chi connectivity index (χ0n) is 15.0. The maximum Gasteiger partial charge on any atom is 0.261 e. The van der Waals surface area contributed by atoms with E-state index in [9.17, 15) is 14.4 Å². The summed E-state index contributed by atoms with van der Waals surface area (Å²) in [5.74, 6) is -0.156. The molecule has 0 atom stereocenters. The van der Waals surface area contributed by atoms with Gasteiger partial charge in [0.2, 0.25) is 5.91 Å². The Labute approximate surface area is 151 Å². The second-order valence-electron chi connectivity index (χ2n) is 6.35. The van der Waals surface area contributed by atoms with Gasteiger partial charge in [0.15, 0.2) is 0 Å². The molecule has 1 aliphatic rings. The van der Waals surface area contributed by atoms with Gasteiger partial charge in [-0.1, -0.05) is 17.7 Å². The van der Waals surface area contributed by atoms with Crippen molar-refractivity contribution < 1.29 is 19.1 Å². The molecule has 1 heterocycles. The van der Waals surface area contributed by atoms with E-state index in [1.165, 1.54) is 13.1 Å². The van der Waals surface area contributed by atoms with Gasteiger partial charge in [0.1, 0.15) is 5.75 Å². The number of anilines is 1. The molecule has 3 amide bonds. The number of amides is 3. The molecule has 0 saturated carbocycles. The molecule has 0 saturated heterocycles. The Balaban J connectivity index is 1.57. The predicted molar refractivity (Wildman–Crippen MR) is 97.5 cm³/mol. The van der Waals surface area contributed by atoms with Gasteiger partial charge in [-0.3, -0.25) is 19.3 Å². The minimum Gasteiger partial charge on any atom is -0.493 e. The molecule has 3 rings (SSSR count). The Morgan fingerprint density at radius 2 is 1.77 bits per heavy atom. The van der Waals surface area contributed by atoms with Crippen molar-refractivity contribution in [1.29, 1.82) is 0 Å². The summed E-state index contributed by atoms with van der Waals surface area (Å²) in [7, 11) is 1.44. The van der Waals surface area contributed by atoms with Crippen LogP contribution in [0, 0.1) is 13.8 Å². The molecule has 6 heteroatoms. The second-order valence-corrected chi connectivity index (χ2v) is 6.35. The van der Waals surface area contributed by atoms with Gasteiger partial charge < -0.3 is 10.1 Å². The number of carbonyl (C=O) groups excluding carboxylic acids is 3. The number of nitrogens with one attached hydrogen (secondary N) is 1. The molecule has 2 aromatic rings. The van der Waals surface area contributed by atoms with Gasteiger partial charge in [0, 0.05) is 12.7 Å². The van der Waals surface area contributed by atoms with E-state index in [1.54, 1.807) is 12.1 Å². The van der Waals surface area contributed by atoms with Crippen molar-refractivity contribution in [1.82, 2.24) is 4.90 Å².